The van der Waals surface area contributed by atoms with E-state index < -0.39 is 0 Å². The number of anilines is 1. The Bertz CT molecular complexity index is 378. The van der Waals surface area contributed by atoms with Crippen LogP contribution in [0.25, 0.3) is 0 Å². The molecule has 94 valence electrons. The van der Waals surface area contributed by atoms with Gasteiger partial charge in [0.2, 0.25) is 0 Å². The second-order valence-electron chi connectivity index (χ2n) is 4.87. The molecule has 2 rings (SSSR count). The molecule has 1 heterocycles. The van der Waals surface area contributed by atoms with E-state index in [0.717, 1.165) is 31.6 Å². The molecule has 3 heteroatoms. The summed E-state index contributed by atoms with van der Waals surface area (Å²) in [7, 11) is 0. The fourth-order valence-corrected chi connectivity index (χ4v) is 2.45. The molecular formula is C14H21FN2. The topological polar surface area (TPSA) is 29.3 Å². The van der Waals surface area contributed by atoms with E-state index in [4.69, 9.17) is 5.73 Å². The van der Waals surface area contributed by atoms with Gasteiger partial charge in [-0.3, -0.25) is 0 Å². The van der Waals surface area contributed by atoms with Crippen molar-refractivity contribution in [3.8, 4) is 0 Å². The molecule has 2 nitrogen and oxygen atoms in total. The Balaban J connectivity index is 1.99. The van der Waals surface area contributed by atoms with Crippen molar-refractivity contribution in [2.24, 2.45) is 5.73 Å². The maximum absolute atomic E-state index is 13.2. The Morgan fingerprint density at radius 1 is 1.47 bits per heavy atom. The number of rotatable bonds is 5. The Morgan fingerprint density at radius 2 is 2.29 bits per heavy atom. The van der Waals surface area contributed by atoms with Crippen LogP contribution in [0.1, 0.15) is 31.7 Å². The zero-order valence-electron chi connectivity index (χ0n) is 10.5. The van der Waals surface area contributed by atoms with Crippen LogP contribution >= 0.6 is 0 Å². The first-order valence-electron chi connectivity index (χ1n) is 6.49. The normalized spacial score (nSPS) is 16.1. The lowest BCUT2D eigenvalue weighted by atomic mass is 10.1. The first-order valence-corrected chi connectivity index (χ1v) is 6.49. The van der Waals surface area contributed by atoms with Gasteiger partial charge in [0.25, 0.3) is 0 Å². The van der Waals surface area contributed by atoms with E-state index in [0.29, 0.717) is 0 Å². The Hall–Kier alpha value is -1.09. The number of halogens is 1. The number of hydrogen-bond donors (Lipinski definition) is 1. The molecule has 2 N–H and O–H groups in total. The van der Waals surface area contributed by atoms with E-state index in [1.54, 1.807) is 12.1 Å². The number of nitrogens with two attached hydrogens (primary N) is 1. The molecule has 0 bridgehead atoms. The highest BCUT2D eigenvalue weighted by molar-refractivity contribution is 5.58. The van der Waals surface area contributed by atoms with Crippen LogP contribution in [0.3, 0.4) is 0 Å². The molecule has 1 aromatic carbocycles. The molecule has 0 amide bonds. The molecule has 0 aliphatic carbocycles. The van der Waals surface area contributed by atoms with E-state index in [-0.39, 0.29) is 11.9 Å². The van der Waals surface area contributed by atoms with Gasteiger partial charge in [-0.15, -0.1) is 0 Å². The second-order valence-corrected chi connectivity index (χ2v) is 4.87. The average Bonchev–Trinajstić information content (AvgIpc) is 2.69. The van der Waals surface area contributed by atoms with Gasteiger partial charge in [0.1, 0.15) is 5.82 Å². The number of hydrogen-bond acceptors (Lipinski definition) is 2. The smallest absolute Gasteiger partial charge is 0.125 e. The van der Waals surface area contributed by atoms with E-state index in [2.05, 4.69) is 11.8 Å². The third-order valence-corrected chi connectivity index (χ3v) is 3.42. The molecule has 0 spiro atoms. The van der Waals surface area contributed by atoms with Crippen LogP contribution in [0.5, 0.6) is 0 Å². The van der Waals surface area contributed by atoms with Crippen molar-refractivity contribution in [2.45, 2.75) is 38.6 Å². The van der Waals surface area contributed by atoms with Gasteiger partial charge in [-0.2, -0.15) is 0 Å². The first kappa shape index (κ1) is 12.4. The van der Waals surface area contributed by atoms with Crippen LogP contribution in [0.2, 0.25) is 0 Å². The monoisotopic (exact) mass is 236 g/mol. The van der Waals surface area contributed by atoms with E-state index in [1.807, 2.05) is 6.07 Å². The van der Waals surface area contributed by atoms with Crippen LogP contribution < -0.4 is 10.6 Å². The van der Waals surface area contributed by atoms with E-state index in [1.165, 1.54) is 18.4 Å². The summed E-state index contributed by atoms with van der Waals surface area (Å²) in [6.45, 7) is 3.99. The van der Waals surface area contributed by atoms with Crippen molar-refractivity contribution in [3.05, 3.63) is 29.6 Å². The van der Waals surface area contributed by atoms with Crippen molar-refractivity contribution >= 4 is 5.69 Å². The highest BCUT2D eigenvalue weighted by atomic mass is 19.1. The molecule has 0 unspecified atom stereocenters. The lowest BCUT2D eigenvalue weighted by molar-refractivity contribution is 0.565. The summed E-state index contributed by atoms with van der Waals surface area (Å²) in [6, 6.07) is 5.26. The quantitative estimate of drug-likeness (QED) is 0.851. The van der Waals surface area contributed by atoms with Crippen LogP contribution in [0, 0.1) is 5.82 Å². The van der Waals surface area contributed by atoms with Crippen molar-refractivity contribution in [2.75, 3.05) is 18.0 Å². The van der Waals surface area contributed by atoms with Crippen LogP contribution in [-0.4, -0.2) is 19.1 Å². The largest absolute Gasteiger partial charge is 0.369 e. The highest BCUT2D eigenvalue weighted by Crippen LogP contribution is 2.28. The minimum Gasteiger partial charge on any atom is -0.369 e. The van der Waals surface area contributed by atoms with Gasteiger partial charge in [0, 0.05) is 24.8 Å². The second kappa shape index (κ2) is 5.50. The third-order valence-electron chi connectivity index (χ3n) is 3.42. The average molecular weight is 236 g/mol. The van der Waals surface area contributed by atoms with Crippen molar-refractivity contribution in [1.82, 2.24) is 0 Å². The highest BCUT2D eigenvalue weighted by Gasteiger charge is 2.20. The summed E-state index contributed by atoms with van der Waals surface area (Å²) >= 11 is 0. The number of unbranched alkanes of at least 4 members (excludes halogenated alkanes) is 1. The molecular weight excluding hydrogens is 215 g/mol. The third kappa shape index (κ3) is 2.97. The Kier molecular flexibility index (Phi) is 4.00. The summed E-state index contributed by atoms with van der Waals surface area (Å²) in [5.41, 5.74) is 8.38. The fraction of sp³-hybridized carbons (Fsp3) is 0.571. The summed E-state index contributed by atoms with van der Waals surface area (Å²) in [5.74, 6) is -0.155. The van der Waals surface area contributed by atoms with Gasteiger partial charge < -0.3 is 10.6 Å². The van der Waals surface area contributed by atoms with Gasteiger partial charge in [-0.25, -0.2) is 4.39 Å². The Morgan fingerprint density at radius 3 is 3.06 bits per heavy atom. The zero-order chi connectivity index (χ0) is 12.3. The molecule has 1 aliphatic rings. The maximum Gasteiger partial charge on any atom is 0.125 e. The summed E-state index contributed by atoms with van der Waals surface area (Å²) in [6.07, 6.45) is 4.41. The van der Waals surface area contributed by atoms with E-state index >= 15 is 0 Å². The number of fused-ring (bicyclic) bond motifs is 1. The molecule has 0 radical (unpaired) electrons. The van der Waals surface area contributed by atoms with Gasteiger partial charge in [0.05, 0.1) is 0 Å². The molecule has 1 aliphatic heterocycles. The summed E-state index contributed by atoms with van der Waals surface area (Å²) < 4.78 is 13.2. The van der Waals surface area contributed by atoms with Crippen molar-refractivity contribution in [1.29, 1.82) is 0 Å². The fourth-order valence-electron chi connectivity index (χ4n) is 2.45. The van der Waals surface area contributed by atoms with Crippen LogP contribution in [-0.2, 0) is 6.42 Å². The van der Waals surface area contributed by atoms with Crippen molar-refractivity contribution in [3.63, 3.8) is 0 Å². The lowest BCUT2D eigenvalue weighted by Crippen LogP contribution is -2.36. The molecule has 0 aromatic heterocycles. The van der Waals surface area contributed by atoms with Gasteiger partial charge in [-0.1, -0.05) is 25.8 Å². The molecule has 1 atom stereocenters. The molecule has 0 saturated heterocycles. The first-order chi connectivity index (χ1) is 8.20. The summed E-state index contributed by atoms with van der Waals surface area (Å²) in [5, 5.41) is 0. The van der Waals surface area contributed by atoms with E-state index in [9.17, 15) is 4.39 Å². The van der Waals surface area contributed by atoms with Gasteiger partial charge >= 0.3 is 0 Å². The number of nitrogens with zero attached hydrogens (tertiary/aromatic N) is 1. The van der Waals surface area contributed by atoms with Gasteiger partial charge in [0.15, 0.2) is 0 Å². The zero-order valence-corrected chi connectivity index (χ0v) is 10.5. The van der Waals surface area contributed by atoms with Gasteiger partial charge in [-0.05, 0) is 30.5 Å². The molecule has 0 fully saturated rings. The SMILES string of the molecule is CCCC[C@H](N)CN1CCc2ccc(F)cc21. The van der Waals surface area contributed by atoms with Crippen molar-refractivity contribution < 1.29 is 4.39 Å². The predicted molar refractivity (Wildman–Crippen MR) is 69.8 cm³/mol. The van der Waals surface area contributed by atoms with Crippen LogP contribution in [0.4, 0.5) is 10.1 Å². The molecule has 1 aromatic rings. The standard InChI is InChI=1S/C14H21FN2/c1-2-3-4-13(16)10-17-8-7-11-5-6-12(15)9-14(11)17/h5-6,9,13H,2-4,7-8,10,16H2,1H3/t13-/m0/s1. The Labute approximate surface area is 103 Å². The van der Waals surface area contributed by atoms with Crippen LogP contribution in [0.15, 0.2) is 18.2 Å². The minimum absolute atomic E-state index is 0.155. The molecule has 17 heavy (non-hydrogen) atoms. The lowest BCUT2D eigenvalue weighted by Gasteiger charge is -2.23. The minimum atomic E-state index is -0.155. The summed E-state index contributed by atoms with van der Waals surface area (Å²) in [4.78, 5) is 2.22. The maximum atomic E-state index is 13.2. The predicted octanol–water partition coefficient (Wildman–Crippen LogP) is 2.71. The number of benzene rings is 1. The molecule has 0 saturated carbocycles.